The van der Waals surface area contributed by atoms with Crippen LogP contribution in [0.15, 0.2) is 93.8 Å². The predicted molar refractivity (Wildman–Crippen MR) is 141 cm³/mol. The van der Waals surface area contributed by atoms with Crippen LogP contribution in [0.3, 0.4) is 0 Å². The Morgan fingerprint density at radius 2 is 1.00 bits per heavy atom. The number of nitrogen functional groups attached to an aromatic ring is 2. The van der Waals surface area contributed by atoms with Crippen LogP contribution >= 0.6 is 0 Å². The Morgan fingerprint density at radius 1 is 0.561 bits per heavy atom. The van der Waals surface area contributed by atoms with Crippen molar-refractivity contribution in [1.29, 1.82) is 0 Å². The molecule has 0 radical (unpaired) electrons. The number of rotatable bonds is 5. The molecular formula is C29H18F6N4O2. The van der Waals surface area contributed by atoms with Crippen LogP contribution in [-0.4, -0.2) is 22.1 Å². The Hall–Kier alpha value is -5.00. The molecule has 6 aromatic rings. The summed E-state index contributed by atoms with van der Waals surface area (Å²) in [5.74, 6) is -5.81. The van der Waals surface area contributed by atoms with E-state index >= 15 is 13.2 Å². The van der Waals surface area contributed by atoms with Gasteiger partial charge in [-0.15, -0.1) is 0 Å². The highest BCUT2D eigenvalue weighted by Crippen LogP contribution is 2.55. The van der Waals surface area contributed by atoms with Crippen LogP contribution in [0, 0.1) is 0 Å². The second kappa shape index (κ2) is 9.01. The molecule has 4 aromatic carbocycles. The molecule has 0 atom stereocenters. The number of aromatic nitrogens is 2. The van der Waals surface area contributed by atoms with Gasteiger partial charge in [-0.3, -0.25) is 0 Å². The number of hydrogen-bond acceptors (Lipinski definition) is 6. The molecule has 6 rings (SSSR count). The minimum absolute atomic E-state index is 0.0228. The van der Waals surface area contributed by atoms with Gasteiger partial charge < -0.3 is 20.3 Å². The fraction of sp³-hybridized carbons (Fsp3) is 0.103. The van der Waals surface area contributed by atoms with Crippen LogP contribution in [0.25, 0.3) is 45.1 Å². The molecule has 0 spiro atoms. The largest absolute Gasteiger partial charge is 0.457 e. The summed E-state index contributed by atoms with van der Waals surface area (Å²) in [5, 5.41) is 0. The zero-order valence-corrected chi connectivity index (χ0v) is 20.7. The SMILES string of the molecule is Nc1cccc(-c2nc3cc(C(F)(c4ccc5oc(-c6cccc(N)c6)nc5c4)C(F)(F)C(F)(F)F)ccc3o2)c1. The fourth-order valence-electron chi connectivity index (χ4n) is 4.60. The third kappa shape index (κ3) is 4.22. The molecule has 0 saturated carbocycles. The molecule has 41 heavy (non-hydrogen) atoms. The van der Waals surface area contributed by atoms with Gasteiger partial charge in [0, 0.05) is 33.6 Å². The Morgan fingerprint density at radius 3 is 1.39 bits per heavy atom. The van der Waals surface area contributed by atoms with Gasteiger partial charge in [0.05, 0.1) is 0 Å². The number of nitrogens with two attached hydrogens (primary N) is 2. The fourth-order valence-corrected chi connectivity index (χ4v) is 4.60. The van der Waals surface area contributed by atoms with Crippen LogP contribution in [0.1, 0.15) is 11.1 Å². The first-order valence-electron chi connectivity index (χ1n) is 12.0. The minimum Gasteiger partial charge on any atom is -0.436 e. The number of alkyl halides is 6. The van der Waals surface area contributed by atoms with E-state index in [1.807, 2.05) is 0 Å². The van der Waals surface area contributed by atoms with Crippen molar-refractivity contribution in [3.63, 3.8) is 0 Å². The monoisotopic (exact) mass is 568 g/mol. The van der Waals surface area contributed by atoms with Gasteiger partial charge in [0.1, 0.15) is 11.0 Å². The van der Waals surface area contributed by atoms with E-state index in [-0.39, 0.29) is 34.0 Å². The Balaban J connectivity index is 1.51. The van der Waals surface area contributed by atoms with E-state index in [2.05, 4.69) is 9.97 Å². The summed E-state index contributed by atoms with van der Waals surface area (Å²) in [4.78, 5) is 8.35. The number of hydrogen-bond donors (Lipinski definition) is 2. The maximum atomic E-state index is 16.7. The zero-order valence-electron chi connectivity index (χ0n) is 20.7. The lowest BCUT2D eigenvalue weighted by atomic mass is 9.82. The highest BCUT2D eigenvalue weighted by Gasteiger charge is 2.72. The number of halogens is 6. The maximum Gasteiger partial charge on any atom is 0.457 e. The number of nitrogens with zero attached hydrogens (tertiary/aromatic N) is 2. The number of anilines is 2. The van der Waals surface area contributed by atoms with Crippen molar-refractivity contribution in [2.24, 2.45) is 0 Å². The lowest BCUT2D eigenvalue weighted by molar-refractivity contribution is -0.323. The quantitative estimate of drug-likeness (QED) is 0.162. The number of fused-ring (bicyclic) bond motifs is 2. The topological polar surface area (TPSA) is 104 Å². The summed E-state index contributed by atoms with van der Waals surface area (Å²) in [5.41, 5.74) is 6.67. The molecule has 0 saturated heterocycles. The molecule has 12 heteroatoms. The minimum atomic E-state index is -6.25. The second-order valence-electron chi connectivity index (χ2n) is 9.38. The van der Waals surface area contributed by atoms with Gasteiger partial charge in [0.15, 0.2) is 11.2 Å². The first-order valence-corrected chi connectivity index (χ1v) is 12.0. The number of oxazole rings is 2. The standard InChI is InChI=1S/C29H18F6N4O2/c30-27(28(31,32)29(33,34)35,17-7-9-23-21(13-17)38-25(40-23)15-3-1-5-19(36)11-15)18-8-10-24-22(14-18)39-26(41-24)16-4-2-6-20(37)12-16/h1-14H,36-37H2. The highest BCUT2D eigenvalue weighted by molar-refractivity contribution is 5.80. The van der Waals surface area contributed by atoms with Crippen molar-refractivity contribution in [1.82, 2.24) is 9.97 Å². The summed E-state index contributed by atoms with van der Waals surface area (Å²) in [6.07, 6.45) is -6.25. The molecule has 0 fully saturated rings. The lowest BCUT2D eigenvalue weighted by Crippen LogP contribution is -2.53. The van der Waals surface area contributed by atoms with Crippen molar-refractivity contribution >= 4 is 33.6 Å². The van der Waals surface area contributed by atoms with Crippen molar-refractivity contribution in [2.75, 3.05) is 11.5 Å². The zero-order chi connectivity index (χ0) is 29.2. The Labute approximate surface area is 227 Å². The molecule has 2 heterocycles. The molecule has 6 nitrogen and oxygen atoms in total. The van der Waals surface area contributed by atoms with Crippen LogP contribution in [0.4, 0.5) is 37.7 Å². The van der Waals surface area contributed by atoms with Gasteiger partial charge in [0.2, 0.25) is 17.5 Å². The van der Waals surface area contributed by atoms with E-state index in [0.29, 0.717) is 22.5 Å². The molecule has 0 aliphatic rings. The molecule has 0 bridgehead atoms. The molecule has 0 unspecified atom stereocenters. The van der Waals surface area contributed by atoms with Gasteiger partial charge in [-0.05, 0) is 60.7 Å². The van der Waals surface area contributed by atoms with E-state index < -0.39 is 28.9 Å². The van der Waals surface area contributed by atoms with E-state index in [1.165, 1.54) is 12.1 Å². The maximum absolute atomic E-state index is 16.7. The Bertz CT molecular complexity index is 1800. The summed E-state index contributed by atoms with van der Waals surface area (Å²) >= 11 is 0. The summed E-state index contributed by atoms with van der Waals surface area (Å²) in [6.45, 7) is 0. The van der Waals surface area contributed by atoms with Crippen LogP contribution in [0.2, 0.25) is 0 Å². The molecule has 0 aliphatic heterocycles. The van der Waals surface area contributed by atoms with Crippen molar-refractivity contribution in [3.8, 4) is 22.9 Å². The Kier molecular flexibility index (Phi) is 5.77. The molecule has 0 amide bonds. The second-order valence-corrected chi connectivity index (χ2v) is 9.38. The average Bonchev–Trinajstić information content (AvgIpc) is 3.55. The van der Waals surface area contributed by atoms with Crippen molar-refractivity contribution < 1.29 is 35.2 Å². The molecule has 208 valence electrons. The van der Waals surface area contributed by atoms with E-state index in [4.69, 9.17) is 20.3 Å². The van der Waals surface area contributed by atoms with E-state index in [9.17, 15) is 13.2 Å². The summed E-state index contributed by atoms with van der Waals surface area (Å²) < 4.78 is 99.6. The first-order chi connectivity index (χ1) is 19.4. The molecule has 2 aromatic heterocycles. The van der Waals surface area contributed by atoms with E-state index in [1.54, 1.807) is 36.4 Å². The lowest BCUT2D eigenvalue weighted by Gasteiger charge is -2.35. The number of benzene rings is 4. The van der Waals surface area contributed by atoms with Gasteiger partial charge in [-0.25, -0.2) is 14.4 Å². The van der Waals surface area contributed by atoms with Crippen LogP contribution < -0.4 is 11.5 Å². The van der Waals surface area contributed by atoms with Crippen molar-refractivity contribution in [3.05, 3.63) is 96.1 Å². The normalized spacial score (nSPS) is 12.8. The third-order valence-electron chi connectivity index (χ3n) is 6.63. The highest BCUT2D eigenvalue weighted by atomic mass is 19.4. The summed E-state index contributed by atoms with van der Waals surface area (Å²) in [7, 11) is 0. The van der Waals surface area contributed by atoms with E-state index in [0.717, 1.165) is 36.4 Å². The van der Waals surface area contributed by atoms with Crippen molar-refractivity contribution in [2.45, 2.75) is 17.8 Å². The van der Waals surface area contributed by atoms with Gasteiger partial charge >= 0.3 is 12.1 Å². The molecule has 0 aliphatic carbocycles. The summed E-state index contributed by atoms with van der Waals surface area (Å²) in [6, 6.07) is 18.2. The van der Waals surface area contributed by atoms with Crippen LogP contribution in [-0.2, 0) is 5.67 Å². The molecule has 4 N–H and O–H groups in total. The van der Waals surface area contributed by atoms with Crippen LogP contribution in [0.5, 0.6) is 0 Å². The predicted octanol–water partition coefficient (Wildman–Crippen LogP) is 7.88. The smallest absolute Gasteiger partial charge is 0.436 e. The first kappa shape index (κ1) is 26.2. The van der Waals surface area contributed by atoms with Gasteiger partial charge in [-0.2, -0.15) is 22.0 Å². The van der Waals surface area contributed by atoms with Gasteiger partial charge in [0.25, 0.3) is 0 Å². The van der Waals surface area contributed by atoms with Gasteiger partial charge in [-0.1, -0.05) is 24.3 Å². The third-order valence-corrected chi connectivity index (χ3v) is 6.63. The average molecular weight is 568 g/mol. The molecular weight excluding hydrogens is 550 g/mol.